The topological polar surface area (TPSA) is 105 Å². The number of nitrogens with zero attached hydrogens (tertiary/aromatic N) is 3. The minimum atomic E-state index is -0.501. The number of ketones is 1. The fourth-order valence-electron chi connectivity index (χ4n) is 4.01. The fraction of sp³-hybridized carbons (Fsp3) is 0.391. The van der Waals surface area contributed by atoms with E-state index in [1.165, 1.54) is 0 Å². The number of fused-ring (bicyclic) bond motifs is 1. The Morgan fingerprint density at radius 2 is 2.10 bits per heavy atom. The molecule has 1 aromatic carbocycles. The van der Waals surface area contributed by atoms with Crippen LogP contribution in [0.25, 0.3) is 22.4 Å². The van der Waals surface area contributed by atoms with Crippen LogP contribution in [0.1, 0.15) is 49.5 Å². The lowest BCUT2D eigenvalue weighted by molar-refractivity contribution is -0.122. The summed E-state index contributed by atoms with van der Waals surface area (Å²) in [4.78, 5) is 38.9. The first-order valence-electron chi connectivity index (χ1n) is 10.3. The molecular weight excluding hydrogens is 378 g/mol. The first-order chi connectivity index (χ1) is 14.2. The van der Waals surface area contributed by atoms with E-state index in [-0.39, 0.29) is 17.7 Å². The molecule has 4 rings (SSSR count). The number of amides is 1. The largest absolute Gasteiger partial charge is 0.368 e. The van der Waals surface area contributed by atoms with Gasteiger partial charge in [0, 0.05) is 23.7 Å². The molecule has 7 nitrogen and oxygen atoms in total. The van der Waals surface area contributed by atoms with Gasteiger partial charge in [-0.1, -0.05) is 39.0 Å². The lowest BCUT2D eigenvalue weighted by Crippen LogP contribution is -2.39. The standard InChI is InChI=1S/C23H27N5O2/c1-23(2,3)20(29)16-11-25-22-19(16)27-17(12-26-22)15-7-4-6-14(10-15)13-28-9-5-8-18(28)21(24)30/h4,6-7,10-12,18H,5,8-9,13H2,1-3H3,(H2,24,30)(H,25,26)/t18-/m0/s1. The molecular formula is C23H27N5O2. The van der Waals surface area contributed by atoms with E-state index in [1.54, 1.807) is 12.4 Å². The summed E-state index contributed by atoms with van der Waals surface area (Å²) in [5.41, 5.74) is 9.51. The van der Waals surface area contributed by atoms with Crippen LogP contribution in [0.5, 0.6) is 0 Å². The number of aromatic nitrogens is 3. The lowest BCUT2D eigenvalue weighted by atomic mass is 9.87. The molecule has 156 valence electrons. The summed E-state index contributed by atoms with van der Waals surface area (Å²) in [5, 5.41) is 0. The maximum Gasteiger partial charge on any atom is 0.234 e. The van der Waals surface area contributed by atoms with Crippen LogP contribution in [0.3, 0.4) is 0 Å². The number of hydrogen-bond donors (Lipinski definition) is 2. The van der Waals surface area contributed by atoms with Crippen molar-refractivity contribution in [1.29, 1.82) is 0 Å². The molecule has 1 aliphatic rings. The van der Waals surface area contributed by atoms with Crippen LogP contribution < -0.4 is 5.73 Å². The van der Waals surface area contributed by atoms with Gasteiger partial charge < -0.3 is 10.7 Å². The first-order valence-corrected chi connectivity index (χ1v) is 10.3. The van der Waals surface area contributed by atoms with Gasteiger partial charge in [-0.25, -0.2) is 9.97 Å². The summed E-state index contributed by atoms with van der Waals surface area (Å²) in [7, 11) is 0. The quantitative estimate of drug-likeness (QED) is 0.634. The van der Waals surface area contributed by atoms with Crippen LogP contribution in [0, 0.1) is 5.41 Å². The Hall–Kier alpha value is -3.06. The normalized spacial score (nSPS) is 17.5. The molecule has 3 N–H and O–H groups in total. The molecule has 1 atom stereocenters. The van der Waals surface area contributed by atoms with Crippen LogP contribution in [0.4, 0.5) is 0 Å². The van der Waals surface area contributed by atoms with Crippen molar-refractivity contribution >= 4 is 22.9 Å². The highest BCUT2D eigenvalue weighted by atomic mass is 16.1. The predicted octanol–water partition coefficient (Wildman–Crippen LogP) is 3.30. The number of hydrogen-bond acceptors (Lipinski definition) is 5. The molecule has 3 aromatic rings. The summed E-state index contributed by atoms with van der Waals surface area (Å²) in [6, 6.07) is 7.85. The molecule has 0 spiro atoms. The van der Waals surface area contributed by atoms with Crippen LogP contribution in [-0.2, 0) is 11.3 Å². The van der Waals surface area contributed by atoms with Crippen molar-refractivity contribution in [2.75, 3.05) is 6.54 Å². The van der Waals surface area contributed by atoms with Crippen LogP contribution in [-0.4, -0.2) is 44.1 Å². The van der Waals surface area contributed by atoms with E-state index < -0.39 is 5.41 Å². The zero-order valence-electron chi connectivity index (χ0n) is 17.6. The fourth-order valence-corrected chi connectivity index (χ4v) is 4.01. The van der Waals surface area contributed by atoms with Gasteiger partial charge in [-0.3, -0.25) is 14.5 Å². The zero-order valence-corrected chi connectivity index (χ0v) is 17.6. The predicted molar refractivity (Wildman–Crippen MR) is 116 cm³/mol. The van der Waals surface area contributed by atoms with Gasteiger partial charge in [-0.05, 0) is 31.0 Å². The van der Waals surface area contributed by atoms with Crippen LogP contribution in [0.2, 0.25) is 0 Å². The van der Waals surface area contributed by atoms with E-state index in [0.717, 1.165) is 30.5 Å². The average molecular weight is 406 g/mol. The van der Waals surface area contributed by atoms with Gasteiger partial charge in [0.05, 0.1) is 23.5 Å². The number of nitrogens with one attached hydrogen (secondary N) is 1. The van der Waals surface area contributed by atoms with Gasteiger partial charge in [0.2, 0.25) is 5.91 Å². The van der Waals surface area contributed by atoms with E-state index in [2.05, 4.69) is 20.9 Å². The van der Waals surface area contributed by atoms with Crippen LogP contribution >= 0.6 is 0 Å². The Morgan fingerprint density at radius 3 is 2.83 bits per heavy atom. The van der Waals surface area contributed by atoms with Gasteiger partial charge >= 0.3 is 0 Å². The molecule has 0 saturated carbocycles. The minimum absolute atomic E-state index is 0.0282. The maximum absolute atomic E-state index is 12.8. The van der Waals surface area contributed by atoms with Crippen molar-refractivity contribution in [3.63, 3.8) is 0 Å². The van der Waals surface area contributed by atoms with Crippen LogP contribution in [0.15, 0.2) is 36.7 Å². The number of aromatic amines is 1. The van der Waals surface area contributed by atoms with Crippen molar-refractivity contribution in [1.82, 2.24) is 19.9 Å². The van der Waals surface area contributed by atoms with Gasteiger partial charge in [0.25, 0.3) is 0 Å². The SMILES string of the molecule is CC(C)(C)C(=O)c1c[nH]c2ncc(-c3cccc(CN4CCC[C@H]4C(N)=O)c3)nc12. The van der Waals surface area contributed by atoms with Crippen molar-refractivity contribution in [2.45, 2.75) is 46.2 Å². The molecule has 1 amide bonds. The number of benzene rings is 1. The molecule has 0 radical (unpaired) electrons. The number of rotatable bonds is 5. The molecule has 0 aliphatic carbocycles. The van der Waals surface area contributed by atoms with Gasteiger partial charge in [-0.2, -0.15) is 0 Å². The number of primary amides is 1. The third-order valence-corrected chi connectivity index (χ3v) is 5.61. The van der Waals surface area contributed by atoms with Gasteiger partial charge in [0.1, 0.15) is 5.52 Å². The number of carbonyl (C=O) groups excluding carboxylic acids is 2. The summed E-state index contributed by atoms with van der Waals surface area (Å²) >= 11 is 0. The number of likely N-dealkylation sites (tertiary alicyclic amines) is 1. The molecule has 0 unspecified atom stereocenters. The highest BCUT2D eigenvalue weighted by molar-refractivity contribution is 6.08. The monoisotopic (exact) mass is 405 g/mol. The third kappa shape index (κ3) is 3.85. The highest BCUT2D eigenvalue weighted by Crippen LogP contribution is 2.28. The molecule has 1 fully saturated rings. The smallest absolute Gasteiger partial charge is 0.234 e. The molecule has 1 saturated heterocycles. The zero-order chi connectivity index (χ0) is 21.5. The number of H-pyrrole nitrogens is 1. The van der Waals surface area contributed by atoms with E-state index in [9.17, 15) is 9.59 Å². The Bertz CT molecular complexity index is 1110. The summed E-state index contributed by atoms with van der Waals surface area (Å²) < 4.78 is 0. The molecule has 30 heavy (non-hydrogen) atoms. The lowest BCUT2D eigenvalue weighted by Gasteiger charge is -2.22. The summed E-state index contributed by atoms with van der Waals surface area (Å²) in [6.07, 6.45) is 5.20. The number of nitrogens with two attached hydrogens (primary N) is 1. The van der Waals surface area contributed by atoms with Gasteiger partial charge in [-0.15, -0.1) is 0 Å². The van der Waals surface area contributed by atoms with Crippen molar-refractivity contribution in [3.8, 4) is 11.3 Å². The van der Waals surface area contributed by atoms with Crippen molar-refractivity contribution < 1.29 is 9.59 Å². The Morgan fingerprint density at radius 1 is 1.30 bits per heavy atom. The van der Waals surface area contributed by atoms with E-state index >= 15 is 0 Å². The second-order valence-corrected chi connectivity index (χ2v) is 8.97. The molecule has 7 heteroatoms. The molecule has 2 aromatic heterocycles. The molecule has 3 heterocycles. The minimum Gasteiger partial charge on any atom is -0.368 e. The van der Waals surface area contributed by atoms with E-state index in [0.29, 0.717) is 29.0 Å². The van der Waals surface area contributed by atoms with E-state index in [1.807, 2.05) is 39.0 Å². The van der Waals surface area contributed by atoms with Crippen molar-refractivity contribution in [3.05, 3.63) is 47.8 Å². The maximum atomic E-state index is 12.8. The molecule has 0 bridgehead atoms. The number of Topliss-reactive ketones (excluding diaryl/α,β-unsaturated/α-hetero) is 1. The number of carbonyl (C=O) groups is 2. The summed E-state index contributed by atoms with van der Waals surface area (Å²) in [6.45, 7) is 7.21. The summed E-state index contributed by atoms with van der Waals surface area (Å²) in [5.74, 6) is -0.232. The molecule has 1 aliphatic heterocycles. The Labute approximate surface area is 175 Å². The Balaban J connectivity index is 1.65. The Kier molecular flexibility index (Phi) is 5.15. The average Bonchev–Trinajstić information content (AvgIpc) is 3.33. The third-order valence-electron chi connectivity index (χ3n) is 5.61. The second-order valence-electron chi connectivity index (χ2n) is 8.97. The second kappa shape index (κ2) is 7.65. The highest BCUT2D eigenvalue weighted by Gasteiger charge is 2.29. The van der Waals surface area contributed by atoms with Crippen molar-refractivity contribution in [2.24, 2.45) is 11.1 Å². The van der Waals surface area contributed by atoms with E-state index in [4.69, 9.17) is 10.7 Å². The van der Waals surface area contributed by atoms with Gasteiger partial charge in [0.15, 0.2) is 11.4 Å². The first kappa shape index (κ1) is 20.2.